The normalized spacial score (nSPS) is 10.1. The average molecular weight is 326 g/mol. The van der Waals surface area contributed by atoms with Gasteiger partial charge in [0.15, 0.2) is 0 Å². The van der Waals surface area contributed by atoms with Gasteiger partial charge in [-0.1, -0.05) is 6.07 Å². The summed E-state index contributed by atoms with van der Waals surface area (Å²) in [6, 6.07) is 8.81. The van der Waals surface area contributed by atoms with Crippen molar-refractivity contribution >= 4 is 17.6 Å². The summed E-state index contributed by atoms with van der Waals surface area (Å²) in [4.78, 5) is 29.5. The number of benzene rings is 1. The van der Waals surface area contributed by atoms with E-state index in [1.165, 1.54) is 4.90 Å². The molecule has 126 valence electrons. The van der Waals surface area contributed by atoms with Crippen LogP contribution >= 0.6 is 0 Å². The molecule has 24 heavy (non-hydrogen) atoms. The number of nitrogens with one attached hydrogen (secondary N) is 2. The molecule has 0 radical (unpaired) electrons. The lowest BCUT2D eigenvalue weighted by molar-refractivity contribution is 0.0827. The first-order valence-electron chi connectivity index (χ1n) is 7.73. The van der Waals surface area contributed by atoms with E-state index in [2.05, 4.69) is 15.6 Å². The van der Waals surface area contributed by atoms with Crippen LogP contribution < -0.4 is 10.6 Å². The van der Waals surface area contributed by atoms with Crippen molar-refractivity contribution in [2.24, 2.45) is 0 Å². The molecule has 3 amide bonds. The van der Waals surface area contributed by atoms with E-state index in [4.69, 9.17) is 0 Å². The second-order valence-corrected chi connectivity index (χ2v) is 5.72. The van der Waals surface area contributed by atoms with Gasteiger partial charge in [-0.3, -0.25) is 9.78 Å². The molecule has 0 spiro atoms. The topological polar surface area (TPSA) is 74.3 Å². The Morgan fingerprint density at radius 2 is 2.00 bits per heavy atom. The standard InChI is InChI=1S/C18H22N4O2/c1-13-11-15(6-7-16(13)17(23)22(2)3)21-18(24)20-10-8-14-5-4-9-19-12-14/h4-7,9,11-12H,8,10H2,1-3H3,(H2,20,21,24). The van der Waals surface area contributed by atoms with Gasteiger partial charge in [-0.25, -0.2) is 4.79 Å². The van der Waals surface area contributed by atoms with E-state index in [0.29, 0.717) is 17.8 Å². The minimum Gasteiger partial charge on any atom is -0.345 e. The molecule has 6 heteroatoms. The van der Waals surface area contributed by atoms with Crippen molar-refractivity contribution in [2.45, 2.75) is 13.3 Å². The smallest absolute Gasteiger partial charge is 0.319 e. The highest BCUT2D eigenvalue weighted by Gasteiger charge is 2.12. The van der Waals surface area contributed by atoms with Gasteiger partial charge >= 0.3 is 6.03 Å². The van der Waals surface area contributed by atoms with Crippen molar-refractivity contribution in [3.05, 3.63) is 59.4 Å². The average Bonchev–Trinajstić information content (AvgIpc) is 2.55. The highest BCUT2D eigenvalue weighted by Crippen LogP contribution is 2.16. The molecule has 0 aliphatic carbocycles. The van der Waals surface area contributed by atoms with Crippen molar-refractivity contribution < 1.29 is 9.59 Å². The minimum atomic E-state index is -0.273. The number of pyridine rings is 1. The number of amides is 3. The first-order chi connectivity index (χ1) is 11.5. The largest absolute Gasteiger partial charge is 0.345 e. The molecular formula is C18H22N4O2. The fourth-order valence-electron chi connectivity index (χ4n) is 2.26. The molecule has 1 aromatic heterocycles. The van der Waals surface area contributed by atoms with Crippen LogP contribution in [-0.2, 0) is 6.42 Å². The Balaban J connectivity index is 1.87. The maximum absolute atomic E-state index is 12.0. The first kappa shape index (κ1) is 17.5. The van der Waals surface area contributed by atoms with E-state index in [1.54, 1.807) is 44.7 Å². The number of anilines is 1. The van der Waals surface area contributed by atoms with Crippen LogP contribution in [0.15, 0.2) is 42.7 Å². The van der Waals surface area contributed by atoms with E-state index in [1.807, 2.05) is 19.1 Å². The summed E-state index contributed by atoms with van der Waals surface area (Å²) in [5.74, 6) is -0.0556. The van der Waals surface area contributed by atoms with Gasteiger partial charge in [0.25, 0.3) is 5.91 Å². The van der Waals surface area contributed by atoms with Crippen LogP contribution in [0, 0.1) is 6.92 Å². The van der Waals surface area contributed by atoms with Crippen LogP contribution in [0.5, 0.6) is 0 Å². The number of rotatable bonds is 5. The first-order valence-corrected chi connectivity index (χ1v) is 7.73. The molecule has 0 fully saturated rings. The van der Waals surface area contributed by atoms with Gasteiger partial charge in [0.2, 0.25) is 0 Å². The Labute approximate surface area is 141 Å². The number of aryl methyl sites for hydroxylation is 1. The lowest BCUT2D eigenvalue weighted by Crippen LogP contribution is -2.30. The van der Waals surface area contributed by atoms with Crippen LogP contribution in [0.1, 0.15) is 21.5 Å². The molecule has 0 unspecified atom stereocenters. The van der Waals surface area contributed by atoms with E-state index in [-0.39, 0.29) is 11.9 Å². The van der Waals surface area contributed by atoms with Crippen LogP contribution in [-0.4, -0.2) is 42.5 Å². The molecule has 6 nitrogen and oxygen atoms in total. The quantitative estimate of drug-likeness (QED) is 0.886. The zero-order valence-electron chi connectivity index (χ0n) is 14.2. The fourth-order valence-corrected chi connectivity index (χ4v) is 2.26. The van der Waals surface area contributed by atoms with Crippen LogP contribution in [0.2, 0.25) is 0 Å². The Morgan fingerprint density at radius 3 is 2.62 bits per heavy atom. The third kappa shape index (κ3) is 4.81. The van der Waals surface area contributed by atoms with Gasteiger partial charge < -0.3 is 15.5 Å². The summed E-state index contributed by atoms with van der Waals surface area (Å²) >= 11 is 0. The van der Waals surface area contributed by atoms with Gasteiger partial charge in [-0.2, -0.15) is 0 Å². The van der Waals surface area contributed by atoms with Crippen molar-refractivity contribution in [3.63, 3.8) is 0 Å². The number of aromatic nitrogens is 1. The number of urea groups is 1. The minimum absolute atomic E-state index is 0.0556. The third-order valence-corrected chi connectivity index (χ3v) is 3.54. The Hall–Kier alpha value is -2.89. The third-order valence-electron chi connectivity index (χ3n) is 3.54. The van der Waals surface area contributed by atoms with Crippen molar-refractivity contribution in [1.82, 2.24) is 15.2 Å². The lowest BCUT2D eigenvalue weighted by atomic mass is 10.1. The van der Waals surface area contributed by atoms with Crippen LogP contribution in [0.3, 0.4) is 0 Å². The lowest BCUT2D eigenvalue weighted by Gasteiger charge is -2.14. The van der Waals surface area contributed by atoms with Crippen molar-refractivity contribution in [1.29, 1.82) is 0 Å². The summed E-state index contributed by atoms with van der Waals surface area (Å²) in [5, 5.41) is 5.58. The second kappa shape index (κ2) is 8.10. The number of hydrogen-bond acceptors (Lipinski definition) is 3. The Bertz CT molecular complexity index is 714. The predicted octanol–water partition coefficient (Wildman–Crippen LogP) is 2.46. The molecular weight excluding hydrogens is 304 g/mol. The van der Waals surface area contributed by atoms with Gasteiger partial charge in [-0.15, -0.1) is 0 Å². The van der Waals surface area contributed by atoms with E-state index in [9.17, 15) is 9.59 Å². The predicted molar refractivity (Wildman–Crippen MR) is 94.2 cm³/mol. The molecule has 1 heterocycles. The second-order valence-electron chi connectivity index (χ2n) is 5.72. The summed E-state index contributed by atoms with van der Waals surface area (Å²) in [6.07, 6.45) is 4.22. The van der Waals surface area contributed by atoms with Crippen LogP contribution in [0.4, 0.5) is 10.5 Å². The molecule has 2 rings (SSSR count). The molecule has 2 aromatic rings. The molecule has 0 aliphatic heterocycles. The maximum atomic E-state index is 12.0. The summed E-state index contributed by atoms with van der Waals surface area (Å²) in [7, 11) is 3.42. The molecule has 1 aromatic carbocycles. The van der Waals surface area contributed by atoms with E-state index >= 15 is 0 Å². The van der Waals surface area contributed by atoms with Crippen molar-refractivity contribution in [2.75, 3.05) is 26.0 Å². The number of carbonyl (C=O) groups is 2. The van der Waals surface area contributed by atoms with E-state index < -0.39 is 0 Å². The monoisotopic (exact) mass is 326 g/mol. The van der Waals surface area contributed by atoms with Gasteiger partial charge in [-0.05, 0) is 48.7 Å². The zero-order chi connectivity index (χ0) is 17.5. The molecule has 0 bridgehead atoms. The molecule has 0 saturated carbocycles. The molecule has 0 aliphatic rings. The number of carbonyl (C=O) groups excluding carboxylic acids is 2. The highest BCUT2D eigenvalue weighted by atomic mass is 16.2. The Morgan fingerprint density at radius 1 is 1.21 bits per heavy atom. The fraction of sp³-hybridized carbons (Fsp3) is 0.278. The van der Waals surface area contributed by atoms with Gasteiger partial charge in [0.1, 0.15) is 0 Å². The molecule has 2 N–H and O–H groups in total. The molecule has 0 saturated heterocycles. The van der Waals surface area contributed by atoms with E-state index in [0.717, 1.165) is 17.5 Å². The number of hydrogen-bond donors (Lipinski definition) is 2. The Kier molecular flexibility index (Phi) is 5.89. The highest BCUT2D eigenvalue weighted by molar-refractivity contribution is 5.96. The van der Waals surface area contributed by atoms with Crippen LogP contribution in [0.25, 0.3) is 0 Å². The summed E-state index contributed by atoms with van der Waals surface area (Å²) in [5.41, 5.74) is 3.17. The number of nitrogens with zero attached hydrogens (tertiary/aromatic N) is 2. The van der Waals surface area contributed by atoms with Gasteiger partial charge in [0, 0.05) is 44.3 Å². The molecule has 0 atom stereocenters. The van der Waals surface area contributed by atoms with Crippen molar-refractivity contribution in [3.8, 4) is 0 Å². The maximum Gasteiger partial charge on any atom is 0.319 e. The summed E-state index contributed by atoms with van der Waals surface area (Å²) < 4.78 is 0. The zero-order valence-corrected chi connectivity index (χ0v) is 14.2. The SMILES string of the molecule is Cc1cc(NC(=O)NCCc2cccnc2)ccc1C(=O)N(C)C. The summed E-state index contributed by atoms with van der Waals surface area (Å²) in [6.45, 7) is 2.37. The van der Waals surface area contributed by atoms with Gasteiger partial charge in [0.05, 0.1) is 0 Å².